The lowest BCUT2D eigenvalue weighted by molar-refractivity contribution is -0.141. The van der Waals surface area contributed by atoms with Gasteiger partial charge in [-0.05, 0) is 19.4 Å². The van der Waals surface area contributed by atoms with Gasteiger partial charge in [0, 0.05) is 37.7 Å². The summed E-state index contributed by atoms with van der Waals surface area (Å²) in [7, 11) is 0. The van der Waals surface area contributed by atoms with Gasteiger partial charge in [0.15, 0.2) is 0 Å². The van der Waals surface area contributed by atoms with E-state index in [0.717, 1.165) is 44.7 Å². The summed E-state index contributed by atoms with van der Waals surface area (Å²) < 4.78 is 9.82. The van der Waals surface area contributed by atoms with Crippen molar-refractivity contribution in [3.05, 3.63) is 10.0 Å². The van der Waals surface area contributed by atoms with Crippen LogP contribution in [0.4, 0.5) is 0 Å². The fourth-order valence-electron chi connectivity index (χ4n) is 2.95. The number of aromatic nitrogens is 2. The molecule has 1 aromatic rings. The van der Waals surface area contributed by atoms with Crippen LogP contribution in [0.1, 0.15) is 18.5 Å². The van der Waals surface area contributed by atoms with Crippen molar-refractivity contribution in [2.75, 3.05) is 39.4 Å². The summed E-state index contributed by atoms with van der Waals surface area (Å²) in [6, 6.07) is 0. The third kappa shape index (κ3) is 3.71. The Labute approximate surface area is 133 Å². The van der Waals surface area contributed by atoms with Gasteiger partial charge in [-0.3, -0.25) is 9.69 Å². The van der Waals surface area contributed by atoms with Gasteiger partial charge in [0.1, 0.15) is 10.0 Å². The zero-order valence-corrected chi connectivity index (χ0v) is 13.4. The summed E-state index contributed by atoms with van der Waals surface area (Å²) >= 11 is 7.27. The van der Waals surface area contributed by atoms with Gasteiger partial charge in [-0.15, -0.1) is 5.10 Å². The highest BCUT2D eigenvalue weighted by atomic mass is 35.5. The fourth-order valence-corrected chi connectivity index (χ4v) is 3.56. The predicted molar refractivity (Wildman–Crippen MR) is 80.3 cm³/mol. The monoisotopic (exact) mass is 330 g/mol. The molecule has 1 atom stereocenters. The highest BCUT2D eigenvalue weighted by Gasteiger charge is 2.30. The average molecular weight is 331 g/mol. The van der Waals surface area contributed by atoms with Crippen LogP contribution >= 0.6 is 23.1 Å². The number of carbonyl (C=O) groups excluding carboxylic acids is 1. The van der Waals surface area contributed by atoms with Crippen LogP contribution in [0.15, 0.2) is 0 Å². The first-order chi connectivity index (χ1) is 10.2. The van der Waals surface area contributed by atoms with E-state index in [1.807, 2.05) is 4.90 Å². The molecule has 3 rings (SSSR count). The lowest BCUT2D eigenvalue weighted by atomic mass is 9.96. The molecule has 6 nitrogen and oxygen atoms in total. The Morgan fingerprint density at radius 2 is 2.19 bits per heavy atom. The number of carbonyl (C=O) groups is 1. The molecule has 0 bridgehead atoms. The number of halogens is 1. The van der Waals surface area contributed by atoms with E-state index in [1.54, 1.807) is 0 Å². The number of hydrogen-bond acceptors (Lipinski definition) is 6. The Bertz CT molecular complexity index is 492. The molecule has 2 aliphatic rings. The van der Waals surface area contributed by atoms with Gasteiger partial charge >= 0.3 is 0 Å². The fraction of sp³-hybridized carbons (Fsp3) is 0.769. The Kier molecular flexibility index (Phi) is 5.05. The maximum Gasteiger partial charge on any atom is 0.227 e. The van der Waals surface area contributed by atoms with Gasteiger partial charge in [-0.2, -0.15) is 0 Å². The predicted octanol–water partition coefficient (Wildman–Crippen LogP) is 1.26. The standard InChI is InChI=1S/C13H19ClN4O2S/c14-12-11(15-16-21-12)9-17-3-1-2-10(8-17)13(19)18-4-6-20-7-5-18/h10H,1-9H2. The van der Waals surface area contributed by atoms with Crippen molar-refractivity contribution in [3.63, 3.8) is 0 Å². The molecule has 2 fully saturated rings. The Hall–Kier alpha value is -0.760. The maximum atomic E-state index is 12.6. The summed E-state index contributed by atoms with van der Waals surface area (Å²) in [5.41, 5.74) is 0.820. The molecule has 0 aliphatic carbocycles. The second kappa shape index (κ2) is 7.00. The van der Waals surface area contributed by atoms with Crippen LogP contribution in [0.5, 0.6) is 0 Å². The minimum absolute atomic E-state index is 0.0854. The average Bonchev–Trinajstić information content (AvgIpc) is 2.93. The molecule has 3 heterocycles. The topological polar surface area (TPSA) is 58.6 Å². The van der Waals surface area contributed by atoms with E-state index in [0.29, 0.717) is 24.1 Å². The van der Waals surface area contributed by atoms with Crippen molar-refractivity contribution < 1.29 is 9.53 Å². The van der Waals surface area contributed by atoms with Gasteiger partial charge in [0.05, 0.1) is 19.1 Å². The molecule has 1 aromatic heterocycles. The molecule has 0 radical (unpaired) electrons. The minimum Gasteiger partial charge on any atom is -0.378 e. The molecule has 1 amide bonds. The quantitative estimate of drug-likeness (QED) is 0.835. The summed E-state index contributed by atoms with van der Waals surface area (Å²) in [6.07, 6.45) is 2.01. The minimum atomic E-state index is 0.0854. The lowest BCUT2D eigenvalue weighted by Gasteiger charge is -2.35. The van der Waals surface area contributed by atoms with Crippen molar-refractivity contribution in [2.45, 2.75) is 19.4 Å². The van der Waals surface area contributed by atoms with Crippen molar-refractivity contribution in [2.24, 2.45) is 5.92 Å². The van der Waals surface area contributed by atoms with Crippen LogP contribution in [-0.4, -0.2) is 64.7 Å². The summed E-state index contributed by atoms with van der Waals surface area (Å²) in [4.78, 5) is 16.8. The van der Waals surface area contributed by atoms with E-state index in [4.69, 9.17) is 16.3 Å². The van der Waals surface area contributed by atoms with Gasteiger partial charge < -0.3 is 9.64 Å². The van der Waals surface area contributed by atoms with Crippen molar-refractivity contribution in [3.8, 4) is 0 Å². The second-order valence-corrected chi connectivity index (χ2v) is 6.86. The number of amides is 1. The number of ether oxygens (including phenoxy) is 1. The first-order valence-electron chi connectivity index (χ1n) is 7.29. The van der Waals surface area contributed by atoms with Crippen LogP contribution < -0.4 is 0 Å². The molecule has 8 heteroatoms. The van der Waals surface area contributed by atoms with Crippen LogP contribution in [0, 0.1) is 5.92 Å². The summed E-state index contributed by atoms with van der Waals surface area (Å²) in [5.74, 6) is 0.354. The van der Waals surface area contributed by atoms with Gasteiger partial charge in [-0.1, -0.05) is 16.1 Å². The third-order valence-corrected chi connectivity index (χ3v) is 5.04. The van der Waals surface area contributed by atoms with Crippen LogP contribution in [-0.2, 0) is 16.1 Å². The molecule has 0 N–H and O–H groups in total. The molecule has 2 aliphatic heterocycles. The van der Waals surface area contributed by atoms with Crippen LogP contribution in [0.2, 0.25) is 4.34 Å². The molecule has 2 saturated heterocycles. The molecule has 0 spiro atoms. The van der Waals surface area contributed by atoms with E-state index in [-0.39, 0.29) is 11.8 Å². The van der Waals surface area contributed by atoms with Crippen molar-refractivity contribution in [1.29, 1.82) is 0 Å². The van der Waals surface area contributed by atoms with E-state index < -0.39 is 0 Å². The van der Waals surface area contributed by atoms with Crippen LogP contribution in [0.3, 0.4) is 0 Å². The summed E-state index contributed by atoms with van der Waals surface area (Å²) in [5, 5.41) is 4.05. The number of piperidine rings is 1. The number of hydrogen-bond donors (Lipinski definition) is 0. The Balaban J connectivity index is 1.57. The number of likely N-dealkylation sites (tertiary alicyclic amines) is 1. The van der Waals surface area contributed by atoms with Gasteiger partial charge in [0.25, 0.3) is 0 Å². The van der Waals surface area contributed by atoms with Gasteiger partial charge in [0.2, 0.25) is 5.91 Å². The van der Waals surface area contributed by atoms with Crippen LogP contribution in [0.25, 0.3) is 0 Å². The summed E-state index contributed by atoms with van der Waals surface area (Å²) in [6.45, 7) is 5.20. The normalized spacial score (nSPS) is 24.2. The number of morpholine rings is 1. The molecule has 1 unspecified atom stereocenters. The first-order valence-corrected chi connectivity index (χ1v) is 8.45. The largest absolute Gasteiger partial charge is 0.378 e. The van der Waals surface area contributed by atoms with Gasteiger partial charge in [-0.25, -0.2) is 0 Å². The Morgan fingerprint density at radius 3 is 2.90 bits per heavy atom. The molecule has 0 aromatic carbocycles. The molecular formula is C13H19ClN4O2S. The smallest absolute Gasteiger partial charge is 0.227 e. The highest BCUT2D eigenvalue weighted by Crippen LogP contribution is 2.24. The first kappa shape index (κ1) is 15.1. The molecule has 21 heavy (non-hydrogen) atoms. The number of rotatable bonds is 3. The zero-order chi connectivity index (χ0) is 14.7. The van der Waals surface area contributed by atoms with Crippen molar-refractivity contribution in [1.82, 2.24) is 19.4 Å². The third-order valence-electron chi connectivity index (χ3n) is 4.06. The SMILES string of the molecule is O=C(C1CCCN(Cc2nnsc2Cl)C1)N1CCOCC1. The maximum absolute atomic E-state index is 12.6. The Morgan fingerprint density at radius 1 is 1.38 bits per heavy atom. The zero-order valence-electron chi connectivity index (χ0n) is 11.8. The van der Waals surface area contributed by atoms with E-state index in [9.17, 15) is 4.79 Å². The molecule has 116 valence electrons. The lowest BCUT2D eigenvalue weighted by Crippen LogP contribution is -2.48. The second-order valence-electron chi connectivity index (χ2n) is 5.51. The number of nitrogens with zero attached hydrogens (tertiary/aromatic N) is 4. The molecular weight excluding hydrogens is 312 g/mol. The highest BCUT2D eigenvalue weighted by molar-refractivity contribution is 7.10. The van der Waals surface area contributed by atoms with E-state index in [2.05, 4.69) is 14.5 Å². The van der Waals surface area contributed by atoms with E-state index >= 15 is 0 Å². The van der Waals surface area contributed by atoms with Crippen molar-refractivity contribution >= 4 is 29.0 Å². The molecule has 0 saturated carbocycles. The van der Waals surface area contributed by atoms with E-state index in [1.165, 1.54) is 11.5 Å².